The highest BCUT2D eigenvalue weighted by molar-refractivity contribution is 5.91. The lowest BCUT2D eigenvalue weighted by molar-refractivity contribution is 0.0594. The molecule has 8 heteroatoms. The highest BCUT2D eigenvalue weighted by Gasteiger charge is 2.19. The van der Waals surface area contributed by atoms with E-state index < -0.39 is 11.9 Å². The van der Waals surface area contributed by atoms with Crippen molar-refractivity contribution in [2.75, 3.05) is 7.11 Å². The van der Waals surface area contributed by atoms with Gasteiger partial charge in [-0.25, -0.2) is 4.79 Å². The molecule has 0 radical (unpaired) electrons. The molecule has 3 aromatic heterocycles. The van der Waals surface area contributed by atoms with E-state index in [1.165, 1.54) is 13.2 Å². The van der Waals surface area contributed by atoms with Crippen LogP contribution < -0.4 is 4.74 Å². The molecule has 0 aromatic carbocycles. The lowest BCUT2D eigenvalue weighted by Gasteiger charge is -2.09. The minimum atomic E-state index is -0.766. The first-order chi connectivity index (χ1) is 12.5. The first-order valence-corrected chi connectivity index (χ1v) is 7.75. The Morgan fingerprint density at radius 2 is 2.04 bits per heavy atom. The molecule has 0 saturated heterocycles. The molecule has 3 heterocycles. The summed E-state index contributed by atoms with van der Waals surface area (Å²) < 4.78 is 28.9. The number of aromatic nitrogens is 3. The lowest BCUT2D eigenvalue weighted by Crippen LogP contribution is -2.09. The van der Waals surface area contributed by atoms with Crippen LogP contribution in [-0.4, -0.2) is 28.2 Å². The fourth-order valence-corrected chi connectivity index (χ4v) is 2.33. The van der Waals surface area contributed by atoms with E-state index in [1.54, 1.807) is 13.1 Å². The summed E-state index contributed by atoms with van der Waals surface area (Å²) in [6, 6.07) is 6.04. The van der Waals surface area contributed by atoms with E-state index in [9.17, 15) is 9.18 Å². The SMILES string of the molecule is COC(=O)c1ccc(F)nc1OCc1c(-c2ccc(C)nc2)noc1C. The van der Waals surface area contributed by atoms with Gasteiger partial charge in [0.05, 0.1) is 12.7 Å². The molecule has 0 saturated carbocycles. The molecule has 0 N–H and O–H groups in total. The van der Waals surface area contributed by atoms with Gasteiger partial charge in [-0.15, -0.1) is 0 Å². The van der Waals surface area contributed by atoms with Crippen LogP contribution >= 0.6 is 0 Å². The second kappa shape index (κ2) is 7.30. The topological polar surface area (TPSA) is 87.3 Å². The van der Waals surface area contributed by atoms with Crippen LogP contribution in [0.15, 0.2) is 35.0 Å². The summed E-state index contributed by atoms with van der Waals surface area (Å²) in [5, 5.41) is 4.04. The van der Waals surface area contributed by atoms with E-state index in [-0.39, 0.29) is 18.1 Å². The summed E-state index contributed by atoms with van der Waals surface area (Å²) >= 11 is 0. The molecule has 0 atom stereocenters. The number of rotatable bonds is 5. The quantitative estimate of drug-likeness (QED) is 0.511. The number of methoxy groups -OCH3 is 1. The molecule has 0 bridgehead atoms. The maximum Gasteiger partial charge on any atom is 0.343 e. The minimum absolute atomic E-state index is 0.0149. The van der Waals surface area contributed by atoms with E-state index in [1.807, 2.05) is 19.1 Å². The zero-order valence-electron chi connectivity index (χ0n) is 14.4. The van der Waals surface area contributed by atoms with E-state index in [0.29, 0.717) is 17.0 Å². The zero-order chi connectivity index (χ0) is 18.7. The summed E-state index contributed by atoms with van der Waals surface area (Å²) in [4.78, 5) is 19.7. The number of ether oxygens (including phenoxy) is 2. The fraction of sp³-hybridized carbons (Fsp3) is 0.222. The summed E-state index contributed by atoms with van der Waals surface area (Å²) in [5.41, 5.74) is 2.87. The molecule has 0 aliphatic rings. The van der Waals surface area contributed by atoms with Crippen molar-refractivity contribution >= 4 is 5.97 Å². The molecule has 0 fully saturated rings. The molecule has 0 amide bonds. The molecule has 134 valence electrons. The zero-order valence-corrected chi connectivity index (χ0v) is 14.4. The fourth-order valence-electron chi connectivity index (χ4n) is 2.33. The van der Waals surface area contributed by atoms with Crippen molar-refractivity contribution in [1.82, 2.24) is 15.1 Å². The maximum atomic E-state index is 13.5. The number of halogens is 1. The van der Waals surface area contributed by atoms with Gasteiger partial charge in [-0.05, 0) is 38.1 Å². The van der Waals surface area contributed by atoms with E-state index in [0.717, 1.165) is 17.3 Å². The largest absolute Gasteiger partial charge is 0.472 e. The highest BCUT2D eigenvalue weighted by Crippen LogP contribution is 2.27. The molecule has 7 nitrogen and oxygen atoms in total. The molecule has 3 rings (SSSR count). The predicted octanol–water partition coefficient (Wildman–Crippen LogP) is 3.25. The van der Waals surface area contributed by atoms with Crippen molar-refractivity contribution in [3.8, 4) is 17.1 Å². The number of carbonyl (C=O) groups is 1. The van der Waals surface area contributed by atoms with Gasteiger partial charge >= 0.3 is 5.97 Å². The van der Waals surface area contributed by atoms with Crippen LogP contribution in [0.1, 0.15) is 27.4 Å². The van der Waals surface area contributed by atoms with Crippen molar-refractivity contribution in [3.05, 3.63) is 59.0 Å². The van der Waals surface area contributed by atoms with Gasteiger partial charge < -0.3 is 14.0 Å². The second-order valence-electron chi connectivity index (χ2n) is 5.52. The summed E-state index contributed by atoms with van der Waals surface area (Å²) in [5.74, 6) is -1.06. The average molecular weight is 357 g/mol. The molecule has 0 aliphatic heterocycles. The third kappa shape index (κ3) is 3.53. The highest BCUT2D eigenvalue weighted by atomic mass is 19.1. The normalized spacial score (nSPS) is 10.6. The number of pyridine rings is 2. The van der Waals surface area contributed by atoms with Crippen LogP contribution in [0.5, 0.6) is 5.88 Å². The standard InChI is InChI=1S/C18H16FN3O4/c1-10-4-5-12(8-20-10)16-14(11(2)26-22-16)9-25-17-13(18(23)24-3)6-7-15(19)21-17/h4-8H,9H2,1-3H3. The Balaban J connectivity index is 1.90. The summed E-state index contributed by atoms with van der Waals surface area (Å²) in [6.45, 7) is 3.60. The molecule has 3 aromatic rings. The van der Waals surface area contributed by atoms with Crippen LogP contribution in [0.4, 0.5) is 4.39 Å². The van der Waals surface area contributed by atoms with Gasteiger partial charge in [0.1, 0.15) is 23.6 Å². The van der Waals surface area contributed by atoms with Gasteiger partial charge in [0.15, 0.2) is 0 Å². The van der Waals surface area contributed by atoms with E-state index in [4.69, 9.17) is 9.26 Å². The Labute approximate surface area is 148 Å². The third-order valence-corrected chi connectivity index (χ3v) is 3.75. The Morgan fingerprint density at radius 1 is 1.23 bits per heavy atom. The van der Waals surface area contributed by atoms with E-state index in [2.05, 4.69) is 19.9 Å². The van der Waals surface area contributed by atoms with Gasteiger partial charge in [-0.3, -0.25) is 4.98 Å². The molecule has 0 aliphatic carbocycles. The van der Waals surface area contributed by atoms with Crippen molar-refractivity contribution in [3.63, 3.8) is 0 Å². The monoisotopic (exact) mass is 357 g/mol. The molecule has 0 unspecified atom stereocenters. The van der Waals surface area contributed by atoms with Crippen LogP contribution in [-0.2, 0) is 11.3 Å². The van der Waals surface area contributed by atoms with E-state index >= 15 is 0 Å². The summed E-state index contributed by atoms with van der Waals surface area (Å²) in [7, 11) is 1.22. The first kappa shape index (κ1) is 17.5. The van der Waals surface area contributed by atoms with Crippen molar-refractivity contribution < 1.29 is 23.2 Å². The van der Waals surface area contributed by atoms with Gasteiger partial charge in [0.25, 0.3) is 0 Å². The number of aryl methyl sites for hydroxylation is 2. The predicted molar refractivity (Wildman–Crippen MR) is 89.1 cm³/mol. The smallest absolute Gasteiger partial charge is 0.343 e. The Morgan fingerprint density at radius 3 is 2.73 bits per heavy atom. The number of carbonyl (C=O) groups excluding carboxylic acids is 1. The Hall–Kier alpha value is -3.29. The molecular formula is C18H16FN3O4. The minimum Gasteiger partial charge on any atom is -0.472 e. The van der Waals surface area contributed by atoms with Crippen molar-refractivity contribution in [2.45, 2.75) is 20.5 Å². The number of hydrogen-bond donors (Lipinski definition) is 0. The molecular weight excluding hydrogens is 341 g/mol. The van der Waals surface area contributed by atoms with Crippen LogP contribution in [0, 0.1) is 19.8 Å². The van der Waals surface area contributed by atoms with Crippen LogP contribution in [0.3, 0.4) is 0 Å². The Kier molecular flexibility index (Phi) is 4.92. The number of esters is 1. The third-order valence-electron chi connectivity index (χ3n) is 3.75. The van der Waals surface area contributed by atoms with Crippen molar-refractivity contribution in [2.24, 2.45) is 0 Å². The van der Waals surface area contributed by atoms with Gasteiger partial charge in [-0.2, -0.15) is 9.37 Å². The van der Waals surface area contributed by atoms with Gasteiger partial charge in [0, 0.05) is 17.5 Å². The molecule has 0 spiro atoms. The number of nitrogens with zero attached hydrogens (tertiary/aromatic N) is 3. The summed E-state index contributed by atoms with van der Waals surface area (Å²) in [6.07, 6.45) is 1.68. The second-order valence-corrected chi connectivity index (χ2v) is 5.52. The Bertz CT molecular complexity index is 938. The average Bonchev–Trinajstić information content (AvgIpc) is 3.00. The van der Waals surface area contributed by atoms with Gasteiger partial charge in [0.2, 0.25) is 11.8 Å². The van der Waals surface area contributed by atoms with Crippen molar-refractivity contribution in [1.29, 1.82) is 0 Å². The molecule has 26 heavy (non-hydrogen) atoms. The lowest BCUT2D eigenvalue weighted by atomic mass is 10.1. The first-order valence-electron chi connectivity index (χ1n) is 7.75. The maximum absolute atomic E-state index is 13.5. The van der Waals surface area contributed by atoms with Gasteiger partial charge in [-0.1, -0.05) is 5.16 Å². The van der Waals surface area contributed by atoms with Crippen LogP contribution in [0.2, 0.25) is 0 Å². The number of hydrogen-bond acceptors (Lipinski definition) is 7. The van der Waals surface area contributed by atoms with Crippen LogP contribution in [0.25, 0.3) is 11.3 Å².